The number of benzene rings is 2. The van der Waals surface area contributed by atoms with Crippen molar-refractivity contribution in [2.24, 2.45) is 0 Å². The maximum atomic E-state index is 13.7. The minimum atomic E-state index is -2.91. The minimum Gasteiger partial charge on any atom is -0.435 e. The summed E-state index contributed by atoms with van der Waals surface area (Å²) in [5, 5.41) is 4.20. The van der Waals surface area contributed by atoms with Gasteiger partial charge in [-0.05, 0) is 78.9 Å². The molecule has 0 N–H and O–H groups in total. The van der Waals surface area contributed by atoms with Gasteiger partial charge < -0.3 is 4.74 Å². The molecule has 3 heterocycles. The highest BCUT2D eigenvalue weighted by Gasteiger charge is 2.24. The predicted octanol–water partition coefficient (Wildman–Crippen LogP) is 5.18. The standard InChI is InChI=1S/C25H18F2N4O2/c26-25(27)33-20-6-4-18(5-7-20)31-22-14-16(15-1-2-15)3-8-21(22)29-23(24(31)32)17-10-12-30-19(13-17)9-11-28-30/h3-15,25H,1-2H2. The molecule has 0 saturated heterocycles. The molecule has 1 aliphatic carbocycles. The zero-order valence-corrected chi connectivity index (χ0v) is 17.4. The number of ether oxygens (including phenoxy) is 1. The van der Waals surface area contributed by atoms with Crippen LogP contribution in [0, 0.1) is 0 Å². The Hall–Kier alpha value is -4.07. The topological polar surface area (TPSA) is 61.4 Å². The Balaban J connectivity index is 1.58. The highest BCUT2D eigenvalue weighted by Crippen LogP contribution is 2.41. The van der Waals surface area contributed by atoms with Crippen LogP contribution in [0.25, 0.3) is 33.5 Å². The van der Waals surface area contributed by atoms with Gasteiger partial charge in [0.15, 0.2) is 0 Å². The van der Waals surface area contributed by atoms with Crippen LogP contribution in [-0.4, -0.2) is 25.8 Å². The second kappa shape index (κ2) is 7.51. The first-order chi connectivity index (χ1) is 16.1. The molecule has 1 aliphatic rings. The van der Waals surface area contributed by atoms with Crippen molar-refractivity contribution >= 4 is 16.6 Å². The fraction of sp³-hybridized carbons (Fsp3) is 0.160. The Kier molecular flexibility index (Phi) is 4.46. The van der Waals surface area contributed by atoms with Gasteiger partial charge in [0.05, 0.1) is 16.6 Å². The van der Waals surface area contributed by atoms with Crippen LogP contribution in [0.3, 0.4) is 0 Å². The van der Waals surface area contributed by atoms with Crippen LogP contribution in [-0.2, 0) is 0 Å². The Morgan fingerprint density at radius 3 is 2.58 bits per heavy atom. The molecule has 2 aromatic carbocycles. The first kappa shape index (κ1) is 19.6. The van der Waals surface area contributed by atoms with Crippen molar-refractivity contribution in [3.63, 3.8) is 0 Å². The van der Waals surface area contributed by atoms with E-state index in [4.69, 9.17) is 4.98 Å². The zero-order chi connectivity index (χ0) is 22.5. The fourth-order valence-corrected chi connectivity index (χ4v) is 4.16. The molecule has 0 atom stereocenters. The molecule has 6 rings (SSSR count). The number of pyridine rings is 1. The van der Waals surface area contributed by atoms with Crippen molar-refractivity contribution in [2.75, 3.05) is 0 Å². The third-order valence-corrected chi connectivity index (χ3v) is 5.92. The number of rotatable bonds is 5. The Morgan fingerprint density at radius 1 is 1.00 bits per heavy atom. The predicted molar refractivity (Wildman–Crippen MR) is 120 cm³/mol. The Labute approximate surface area is 186 Å². The number of alkyl halides is 2. The van der Waals surface area contributed by atoms with Crippen LogP contribution < -0.4 is 10.3 Å². The number of hydrogen-bond acceptors (Lipinski definition) is 4. The number of nitrogens with zero attached hydrogens (tertiary/aromatic N) is 4. The van der Waals surface area contributed by atoms with Gasteiger partial charge in [0.2, 0.25) is 0 Å². The van der Waals surface area contributed by atoms with E-state index in [9.17, 15) is 13.6 Å². The minimum absolute atomic E-state index is 0.0326. The van der Waals surface area contributed by atoms with E-state index in [-0.39, 0.29) is 11.3 Å². The normalized spacial score (nSPS) is 13.8. The number of halogens is 2. The van der Waals surface area contributed by atoms with Gasteiger partial charge in [-0.1, -0.05) is 6.07 Å². The van der Waals surface area contributed by atoms with Crippen molar-refractivity contribution < 1.29 is 13.5 Å². The molecule has 164 valence electrons. The molecule has 1 fully saturated rings. The zero-order valence-electron chi connectivity index (χ0n) is 17.4. The van der Waals surface area contributed by atoms with Crippen molar-refractivity contribution in [1.29, 1.82) is 0 Å². The molecule has 0 spiro atoms. The van der Waals surface area contributed by atoms with E-state index >= 15 is 0 Å². The molecular formula is C25H18F2N4O2. The molecule has 0 bridgehead atoms. The van der Waals surface area contributed by atoms with Crippen LogP contribution in [0.15, 0.2) is 77.9 Å². The first-order valence-corrected chi connectivity index (χ1v) is 10.6. The van der Waals surface area contributed by atoms with Crippen molar-refractivity contribution in [1.82, 2.24) is 19.2 Å². The highest BCUT2D eigenvalue weighted by molar-refractivity contribution is 5.81. The summed E-state index contributed by atoms with van der Waals surface area (Å²) in [6.45, 7) is -2.91. The van der Waals surface area contributed by atoms with E-state index in [1.54, 1.807) is 39.7 Å². The van der Waals surface area contributed by atoms with E-state index in [0.29, 0.717) is 33.9 Å². The lowest BCUT2D eigenvalue weighted by molar-refractivity contribution is -0.0498. The van der Waals surface area contributed by atoms with Crippen LogP contribution >= 0.6 is 0 Å². The molecule has 8 heteroatoms. The number of fused-ring (bicyclic) bond motifs is 2. The average Bonchev–Trinajstić information content (AvgIpc) is 3.56. The molecule has 0 aliphatic heterocycles. The second-order valence-electron chi connectivity index (χ2n) is 8.11. The average molecular weight is 444 g/mol. The monoisotopic (exact) mass is 444 g/mol. The van der Waals surface area contributed by atoms with Crippen LogP contribution in [0.4, 0.5) is 8.78 Å². The van der Waals surface area contributed by atoms with E-state index < -0.39 is 6.61 Å². The summed E-state index contributed by atoms with van der Waals surface area (Å²) in [6, 6.07) is 17.6. The first-order valence-electron chi connectivity index (χ1n) is 10.6. The quantitative estimate of drug-likeness (QED) is 0.375. The number of hydrogen-bond donors (Lipinski definition) is 0. The van der Waals surface area contributed by atoms with Gasteiger partial charge in [0.25, 0.3) is 5.56 Å². The van der Waals surface area contributed by atoms with Gasteiger partial charge in [0, 0.05) is 23.6 Å². The van der Waals surface area contributed by atoms with E-state index in [2.05, 4.69) is 15.9 Å². The lowest BCUT2D eigenvalue weighted by Crippen LogP contribution is -2.22. The maximum absolute atomic E-state index is 13.7. The summed E-state index contributed by atoms with van der Waals surface area (Å²) >= 11 is 0. The van der Waals surface area contributed by atoms with Gasteiger partial charge in [0.1, 0.15) is 11.4 Å². The molecule has 1 saturated carbocycles. The third kappa shape index (κ3) is 3.53. The molecule has 33 heavy (non-hydrogen) atoms. The van der Waals surface area contributed by atoms with E-state index in [0.717, 1.165) is 18.4 Å². The fourth-order valence-electron chi connectivity index (χ4n) is 4.16. The van der Waals surface area contributed by atoms with Crippen LogP contribution in [0.2, 0.25) is 0 Å². The molecular weight excluding hydrogens is 426 g/mol. The van der Waals surface area contributed by atoms with Crippen LogP contribution in [0.5, 0.6) is 5.75 Å². The van der Waals surface area contributed by atoms with Gasteiger partial charge in [-0.25, -0.2) is 9.50 Å². The van der Waals surface area contributed by atoms with E-state index in [1.807, 2.05) is 24.3 Å². The molecule has 0 unspecified atom stereocenters. The van der Waals surface area contributed by atoms with Crippen molar-refractivity contribution in [2.45, 2.75) is 25.4 Å². The lowest BCUT2D eigenvalue weighted by atomic mass is 10.1. The Bertz CT molecular complexity index is 1550. The summed E-state index contributed by atoms with van der Waals surface area (Å²) in [5.41, 5.74) is 4.61. The SMILES string of the molecule is O=c1c(-c2ccn3nccc3c2)nc2ccc(C3CC3)cc2n1-c1ccc(OC(F)F)cc1. The molecule has 0 radical (unpaired) electrons. The van der Waals surface area contributed by atoms with Gasteiger partial charge in [-0.3, -0.25) is 9.36 Å². The summed E-state index contributed by atoms with van der Waals surface area (Å²) < 4.78 is 32.9. The second-order valence-corrected chi connectivity index (χ2v) is 8.11. The summed E-state index contributed by atoms with van der Waals surface area (Å²) in [7, 11) is 0. The lowest BCUT2D eigenvalue weighted by Gasteiger charge is -2.14. The van der Waals surface area contributed by atoms with Gasteiger partial charge in [-0.2, -0.15) is 13.9 Å². The third-order valence-electron chi connectivity index (χ3n) is 5.92. The molecule has 6 nitrogen and oxygen atoms in total. The highest BCUT2D eigenvalue weighted by atomic mass is 19.3. The van der Waals surface area contributed by atoms with Crippen molar-refractivity contribution in [3.05, 3.63) is 89.0 Å². The largest absolute Gasteiger partial charge is 0.435 e. The summed E-state index contributed by atoms with van der Waals surface area (Å²) in [5.74, 6) is 0.536. The van der Waals surface area contributed by atoms with Gasteiger partial charge >= 0.3 is 6.61 Å². The summed E-state index contributed by atoms with van der Waals surface area (Å²) in [4.78, 5) is 18.5. The molecule has 0 amide bonds. The molecule has 5 aromatic rings. The van der Waals surface area contributed by atoms with E-state index in [1.165, 1.54) is 17.7 Å². The smallest absolute Gasteiger partial charge is 0.387 e. The molecule has 3 aromatic heterocycles. The summed E-state index contributed by atoms with van der Waals surface area (Å²) in [6.07, 6.45) is 5.74. The van der Waals surface area contributed by atoms with Crippen molar-refractivity contribution in [3.8, 4) is 22.7 Å². The number of aromatic nitrogens is 4. The Morgan fingerprint density at radius 2 is 1.82 bits per heavy atom. The maximum Gasteiger partial charge on any atom is 0.387 e. The van der Waals surface area contributed by atoms with Gasteiger partial charge in [-0.15, -0.1) is 0 Å². The van der Waals surface area contributed by atoms with Crippen LogP contribution in [0.1, 0.15) is 24.3 Å².